The summed E-state index contributed by atoms with van der Waals surface area (Å²) in [5.74, 6) is -1.02. The first kappa shape index (κ1) is 15.0. The van der Waals surface area contributed by atoms with Crippen LogP contribution in [0.1, 0.15) is 17.0 Å². The first-order valence-corrected chi connectivity index (χ1v) is 6.75. The number of carbonyl (C=O) groups is 1. The SMILES string of the molecule is COC(=O)C(CNc1cccc(F)c1C)c1ccccc1. The zero-order valence-electron chi connectivity index (χ0n) is 12.1. The van der Waals surface area contributed by atoms with Crippen molar-refractivity contribution >= 4 is 11.7 Å². The fourth-order valence-corrected chi connectivity index (χ4v) is 2.18. The Morgan fingerprint density at radius 2 is 1.90 bits per heavy atom. The maximum Gasteiger partial charge on any atom is 0.314 e. The summed E-state index contributed by atoms with van der Waals surface area (Å²) in [6, 6.07) is 14.2. The maximum atomic E-state index is 13.5. The largest absolute Gasteiger partial charge is 0.468 e. The monoisotopic (exact) mass is 287 g/mol. The number of ether oxygens (including phenoxy) is 1. The van der Waals surface area contributed by atoms with Crippen LogP contribution in [0, 0.1) is 12.7 Å². The highest BCUT2D eigenvalue weighted by molar-refractivity contribution is 5.79. The van der Waals surface area contributed by atoms with Gasteiger partial charge in [0.1, 0.15) is 5.82 Å². The van der Waals surface area contributed by atoms with E-state index in [1.54, 1.807) is 19.1 Å². The van der Waals surface area contributed by atoms with E-state index < -0.39 is 5.92 Å². The van der Waals surface area contributed by atoms with Crippen LogP contribution in [-0.4, -0.2) is 19.6 Å². The molecule has 1 unspecified atom stereocenters. The van der Waals surface area contributed by atoms with Crippen LogP contribution >= 0.6 is 0 Å². The topological polar surface area (TPSA) is 38.3 Å². The first-order chi connectivity index (χ1) is 10.1. The highest BCUT2D eigenvalue weighted by Crippen LogP contribution is 2.21. The van der Waals surface area contributed by atoms with Gasteiger partial charge in [-0.25, -0.2) is 4.39 Å². The van der Waals surface area contributed by atoms with E-state index in [-0.39, 0.29) is 11.8 Å². The summed E-state index contributed by atoms with van der Waals surface area (Å²) >= 11 is 0. The molecule has 1 atom stereocenters. The Hall–Kier alpha value is -2.36. The van der Waals surface area contributed by atoms with E-state index in [2.05, 4.69) is 5.32 Å². The molecule has 0 bridgehead atoms. The molecule has 0 aliphatic rings. The second-order valence-corrected chi connectivity index (χ2v) is 4.78. The smallest absolute Gasteiger partial charge is 0.314 e. The van der Waals surface area contributed by atoms with Gasteiger partial charge in [-0.3, -0.25) is 4.79 Å². The van der Waals surface area contributed by atoms with Crippen molar-refractivity contribution in [3.63, 3.8) is 0 Å². The van der Waals surface area contributed by atoms with Crippen LogP contribution in [0.4, 0.5) is 10.1 Å². The van der Waals surface area contributed by atoms with Gasteiger partial charge < -0.3 is 10.1 Å². The average Bonchev–Trinajstić information content (AvgIpc) is 2.52. The van der Waals surface area contributed by atoms with Crippen molar-refractivity contribution in [2.45, 2.75) is 12.8 Å². The number of rotatable bonds is 5. The van der Waals surface area contributed by atoms with Crippen LogP contribution in [0.15, 0.2) is 48.5 Å². The van der Waals surface area contributed by atoms with Gasteiger partial charge in [-0.1, -0.05) is 36.4 Å². The summed E-state index contributed by atoms with van der Waals surface area (Å²) < 4.78 is 18.4. The Morgan fingerprint density at radius 3 is 2.57 bits per heavy atom. The van der Waals surface area contributed by atoms with Crippen molar-refractivity contribution in [1.29, 1.82) is 0 Å². The molecule has 0 aliphatic heterocycles. The van der Waals surface area contributed by atoms with E-state index in [0.29, 0.717) is 17.8 Å². The van der Waals surface area contributed by atoms with E-state index in [0.717, 1.165) is 5.56 Å². The number of nitrogens with one attached hydrogen (secondary N) is 1. The van der Waals surface area contributed by atoms with Crippen LogP contribution < -0.4 is 5.32 Å². The number of hydrogen-bond donors (Lipinski definition) is 1. The van der Waals surface area contributed by atoms with E-state index in [4.69, 9.17) is 4.74 Å². The number of esters is 1. The maximum absolute atomic E-state index is 13.5. The summed E-state index contributed by atoms with van der Waals surface area (Å²) in [7, 11) is 1.37. The molecule has 110 valence electrons. The predicted molar refractivity (Wildman–Crippen MR) is 80.8 cm³/mol. The lowest BCUT2D eigenvalue weighted by atomic mass is 9.99. The summed E-state index contributed by atoms with van der Waals surface area (Å²) in [6.07, 6.45) is 0. The molecule has 21 heavy (non-hydrogen) atoms. The minimum absolute atomic E-state index is 0.269. The molecule has 0 fully saturated rings. The van der Waals surface area contributed by atoms with Crippen molar-refractivity contribution < 1.29 is 13.9 Å². The molecular formula is C17H18FNO2. The predicted octanol–water partition coefficient (Wildman–Crippen LogP) is 3.50. The average molecular weight is 287 g/mol. The highest BCUT2D eigenvalue weighted by Gasteiger charge is 2.21. The number of carbonyl (C=O) groups excluding carboxylic acids is 1. The number of hydrogen-bond acceptors (Lipinski definition) is 3. The minimum atomic E-state index is -0.432. The second kappa shape index (κ2) is 6.88. The molecule has 0 heterocycles. The lowest BCUT2D eigenvalue weighted by Gasteiger charge is -2.17. The molecule has 1 N–H and O–H groups in total. The van der Waals surface area contributed by atoms with Gasteiger partial charge in [0.25, 0.3) is 0 Å². The normalized spacial score (nSPS) is 11.8. The van der Waals surface area contributed by atoms with Gasteiger partial charge in [0, 0.05) is 17.8 Å². The number of halogens is 1. The van der Waals surface area contributed by atoms with Crippen LogP contribution in [-0.2, 0) is 9.53 Å². The van der Waals surface area contributed by atoms with Crippen molar-refractivity contribution in [2.75, 3.05) is 19.0 Å². The Labute approximate surface area is 123 Å². The summed E-state index contributed by atoms with van der Waals surface area (Å²) in [5.41, 5.74) is 2.08. The minimum Gasteiger partial charge on any atom is -0.468 e. The van der Waals surface area contributed by atoms with E-state index in [1.165, 1.54) is 13.2 Å². The Bertz CT molecular complexity index is 613. The third kappa shape index (κ3) is 3.60. The van der Waals surface area contributed by atoms with Crippen LogP contribution in [0.2, 0.25) is 0 Å². The van der Waals surface area contributed by atoms with Gasteiger partial charge in [-0.15, -0.1) is 0 Å². The number of benzene rings is 2. The van der Waals surface area contributed by atoms with Crippen molar-refractivity contribution in [1.82, 2.24) is 0 Å². The van der Waals surface area contributed by atoms with Crippen LogP contribution in [0.5, 0.6) is 0 Å². The third-order valence-electron chi connectivity index (χ3n) is 3.45. The van der Waals surface area contributed by atoms with E-state index in [1.807, 2.05) is 30.3 Å². The number of methoxy groups -OCH3 is 1. The van der Waals surface area contributed by atoms with Crippen molar-refractivity contribution in [3.05, 3.63) is 65.5 Å². The van der Waals surface area contributed by atoms with Crippen LogP contribution in [0.3, 0.4) is 0 Å². The van der Waals surface area contributed by atoms with Crippen molar-refractivity contribution in [3.8, 4) is 0 Å². The van der Waals surface area contributed by atoms with Gasteiger partial charge in [-0.05, 0) is 24.6 Å². The molecule has 2 rings (SSSR count). The Kier molecular flexibility index (Phi) is 4.93. The third-order valence-corrected chi connectivity index (χ3v) is 3.45. The van der Waals surface area contributed by atoms with Gasteiger partial charge in [-0.2, -0.15) is 0 Å². The lowest BCUT2D eigenvalue weighted by Crippen LogP contribution is -2.22. The van der Waals surface area contributed by atoms with Gasteiger partial charge in [0.2, 0.25) is 0 Å². The van der Waals surface area contributed by atoms with E-state index >= 15 is 0 Å². The lowest BCUT2D eigenvalue weighted by molar-refractivity contribution is -0.142. The molecule has 0 aromatic heterocycles. The van der Waals surface area contributed by atoms with Gasteiger partial charge in [0.15, 0.2) is 0 Å². The summed E-state index contributed by atoms with van der Waals surface area (Å²) in [4.78, 5) is 11.9. The molecule has 0 spiro atoms. The molecule has 0 aliphatic carbocycles. The fourth-order valence-electron chi connectivity index (χ4n) is 2.18. The molecule has 3 nitrogen and oxygen atoms in total. The molecule has 0 saturated carbocycles. The Morgan fingerprint density at radius 1 is 1.19 bits per heavy atom. The molecule has 0 saturated heterocycles. The molecule has 2 aromatic carbocycles. The quantitative estimate of drug-likeness (QED) is 0.855. The van der Waals surface area contributed by atoms with Crippen molar-refractivity contribution in [2.24, 2.45) is 0 Å². The van der Waals surface area contributed by atoms with Gasteiger partial charge in [0.05, 0.1) is 13.0 Å². The molecule has 2 aromatic rings. The molecule has 4 heteroatoms. The summed E-state index contributed by atoms with van der Waals surface area (Å²) in [5, 5.41) is 3.13. The molecule has 0 radical (unpaired) electrons. The van der Waals surface area contributed by atoms with E-state index in [9.17, 15) is 9.18 Å². The zero-order chi connectivity index (χ0) is 15.2. The summed E-state index contributed by atoms with van der Waals surface area (Å²) in [6.45, 7) is 2.05. The van der Waals surface area contributed by atoms with Crippen LogP contribution in [0.25, 0.3) is 0 Å². The number of anilines is 1. The molecule has 0 amide bonds. The standard InChI is InChI=1S/C17H18FNO2/c1-12-15(18)9-6-10-16(12)19-11-14(17(20)21-2)13-7-4-3-5-8-13/h3-10,14,19H,11H2,1-2H3. The Balaban J connectivity index is 2.17. The highest BCUT2D eigenvalue weighted by atomic mass is 19.1. The second-order valence-electron chi connectivity index (χ2n) is 4.78. The zero-order valence-corrected chi connectivity index (χ0v) is 12.1. The molecular weight excluding hydrogens is 269 g/mol. The first-order valence-electron chi connectivity index (χ1n) is 6.75. The van der Waals surface area contributed by atoms with Gasteiger partial charge >= 0.3 is 5.97 Å². The fraction of sp³-hybridized carbons (Fsp3) is 0.235.